The summed E-state index contributed by atoms with van der Waals surface area (Å²) in [6, 6.07) is 22.4. The molecule has 0 radical (unpaired) electrons. The Morgan fingerprint density at radius 2 is 1.48 bits per heavy atom. The molecule has 0 saturated carbocycles. The largest absolute Gasteiger partial charge is 0.478 e. The summed E-state index contributed by atoms with van der Waals surface area (Å²) in [5.41, 5.74) is 3.13. The molecule has 122 valence electrons. The van der Waals surface area contributed by atoms with Gasteiger partial charge >= 0.3 is 5.97 Å². The molecule has 0 amide bonds. The Hall–Kier alpha value is -3.04. The SMILES string of the molecule is O=C(O)c1cc(Cl)cc2oc(-c3ccccc3)c(-c3ccccc3)c12. The molecule has 0 fully saturated rings. The quantitative estimate of drug-likeness (QED) is 0.485. The Morgan fingerprint density at radius 1 is 0.880 bits per heavy atom. The summed E-state index contributed by atoms with van der Waals surface area (Å²) in [6.07, 6.45) is 0. The smallest absolute Gasteiger partial charge is 0.336 e. The third-order valence-corrected chi connectivity index (χ3v) is 4.30. The van der Waals surface area contributed by atoms with E-state index in [-0.39, 0.29) is 5.56 Å². The zero-order valence-corrected chi connectivity index (χ0v) is 13.8. The van der Waals surface area contributed by atoms with E-state index in [0.29, 0.717) is 21.8 Å². The molecule has 0 aliphatic rings. The highest BCUT2D eigenvalue weighted by Crippen LogP contribution is 2.43. The number of halogens is 1. The Bertz CT molecular complexity index is 1070. The summed E-state index contributed by atoms with van der Waals surface area (Å²) in [5, 5.41) is 10.5. The third kappa shape index (κ3) is 2.69. The maximum atomic E-state index is 11.8. The van der Waals surface area contributed by atoms with Crippen molar-refractivity contribution in [2.24, 2.45) is 0 Å². The summed E-state index contributed by atoms with van der Waals surface area (Å²) < 4.78 is 6.06. The average molecular weight is 349 g/mol. The van der Waals surface area contributed by atoms with E-state index in [4.69, 9.17) is 16.0 Å². The predicted octanol–water partition coefficient (Wildman–Crippen LogP) is 6.12. The van der Waals surface area contributed by atoms with Gasteiger partial charge in [0.1, 0.15) is 11.3 Å². The molecule has 0 unspecified atom stereocenters. The fraction of sp³-hybridized carbons (Fsp3) is 0. The number of carboxylic acid groups (broad SMARTS) is 1. The van der Waals surface area contributed by atoms with Gasteiger partial charge in [0, 0.05) is 27.6 Å². The van der Waals surface area contributed by atoms with Crippen LogP contribution in [0.15, 0.2) is 77.2 Å². The molecule has 0 saturated heterocycles. The molecule has 4 heteroatoms. The second-order valence-electron chi connectivity index (χ2n) is 5.67. The minimum atomic E-state index is -1.04. The summed E-state index contributed by atoms with van der Waals surface area (Å²) >= 11 is 6.10. The molecule has 0 spiro atoms. The first-order valence-corrected chi connectivity index (χ1v) is 8.13. The van der Waals surface area contributed by atoms with Crippen LogP contribution in [0.5, 0.6) is 0 Å². The van der Waals surface area contributed by atoms with E-state index in [1.807, 2.05) is 60.7 Å². The second kappa shape index (κ2) is 6.11. The van der Waals surface area contributed by atoms with Crippen LogP contribution in [0.2, 0.25) is 5.02 Å². The highest BCUT2D eigenvalue weighted by atomic mass is 35.5. The van der Waals surface area contributed by atoms with E-state index in [2.05, 4.69) is 0 Å². The van der Waals surface area contributed by atoms with Gasteiger partial charge in [-0.1, -0.05) is 72.3 Å². The fourth-order valence-corrected chi connectivity index (χ4v) is 3.24. The van der Waals surface area contributed by atoms with Gasteiger partial charge in [0.2, 0.25) is 0 Å². The van der Waals surface area contributed by atoms with Gasteiger partial charge in [-0.25, -0.2) is 4.79 Å². The van der Waals surface area contributed by atoms with Gasteiger partial charge in [-0.2, -0.15) is 0 Å². The standard InChI is InChI=1S/C21H13ClO3/c22-15-11-16(21(23)24)19-17(12-15)25-20(14-9-5-2-6-10-14)18(19)13-7-3-1-4-8-13/h1-12H,(H,23,24). The zero-order chi connectivity index (χ0) is 17.4. The first-order valence-electron chi connectivity index (χ1n) is 7.75. The molecule has 3 aromatic carbocycles. The Balaban J connectivity index is 2.16. The van der Waals surface area contributed by atoms with E-state index >= 15 is 0 Å². The zero-order valence-electron chi connectivity index (χ0n) is 13.1. The minimum Gasteiger partial charge on any atom is -0.478 e. The fourth-order valence-electron chi connectivity index (χ4n) is 3.04. The molecule has 0 aliphatic carbocycles. The Kier molecular flexibility index (Phi) is 3.79. The van der Waals surface area contributed by atoms with Gasteiger partial charge in [0.05, 0.1) is 5.56 Å². The van der Waals surface area contributed by atoms with Crippen LogP contribution < -0.4 is 0 Å². The van der Waals surface area contributed by atoms with Gasteiger partial charge in [-0.05, 0) is 11.6 Å². The molecule has 1 aromatic heterocycles. The van der Waals surface area contributed by atoms with Gasteiger partial charge in [0.25, 0.3) is 0 Å². The van der Waals surface area contributed by atoms with Crippen molar-refractivity contribution >= 4 is 28.5 Å². The predicted molar refractivity (Wildman–Crippen MR) is 99.1 cm³/mol. The lowest BCUT2D eigenvalue weighted by Crippen LogP contribution is -1.97. The van der Waals surface area contributed by atoms with E-state index in [1.54, 1.807) is 6.07 Å². The first kappa shape index (κ1) is 15.5. The van der Waals surface area contributed by atoms with Crippen LogP contribution in [0.3, 0.4) is 0 Å². The summed E-state index contributed by atoms with van der Waals surface area (Å²) in [6.45, 7) is 0. The summed E-state index contributed by atoms with van der Waals surface area (Å²) in [4.78, 5) is 11.8. The maximum absolute atomic E-state index is 11.8. The van der Waals surface area contributed by atoms with Crippen molar-refractivity contribution in [3.05, 3.63) is 83.4 Å². The van der Waals surface area contributed by atoms with Crippen molar-refractivity contribution in [3.63, 3.8) is 0 Å². The average Bonchev–Trinajstić information content (AvgIpc) is 3.01. The molecule has 1 N–H and O–H groups in total. The molecule has 25 heavy (non-hydrogen) atoms. The molecule has 0 bridgehead atoms. The number of fused-ring (bicyclic) bond motifs is 1. The molecule has 4 aromatic rings. The highest BCUT2D eigenvalue weighted by molar-refractivity contribution is 6.32. The monoisotopic (exact) mass is 348 g/mol. The topological polar surface area (TPSA) is 50.4 Å². The Morgan fingerprint density at radius 3 is 2.08 bits per heavy atom. The minimum absolute atomic E-state index is 0.132. The molecule has 1 heterocycles. The van der Waals surface area contributed by atoms with Crippen molar-refractivity contribution in [2.75, 3.05) is 0 Å². The molecule has 0 aliphatic heterocycles. The number of aromatic carboxylic acids is 1. The van der Waals surface area contributed by atoms with Gasteiger partial charge in [-0.15, -0.1) is 0 Å². The van der Waals surface area contributed by atoms with Crippen LogP contribution >= 0.6 is 11.6 Å². The number of hydrogen-bond donors (Lipinski definition) is 1. The number of hydrogen-bond acceptors (Lipinski definition) is 2. The van der Waals surface area contributed by atoms with Crippen LogP contribution in [0.25, 0.3) is 33.4 Å². The van der Waals surface area contributed by atoms with Crippen molar-refractivity contribution in [1.29, 1.82) is 0 Å². The molecular weight excluding hydrogens is 336 g/mol. The number of carbonyl (C=O) groups is 1. The van der Waals surface area contributed by atoms with Gasteiger partial charge in [-0.3, -0.25) is 0 Å². The summed E-state index contributed by atoms with van der Waals surface area (Å²) in [7, 11) is 0. The van der Waals surface area contributed by atoms with Crippen LogP contribution in [0.4, 0.5) is 0 Å². The van der Waals surface area contributed by atoms with Crippen molar-refractivity contribution < 1.29 is 14.3 Å². The lowest BCUT2D eigenvalue weighted by atomic mass is 9.96. The Labute approximate surface area is 149 Å². The number of furan rings is 1. The molecule has 3 nitrogen and oxygen atoms in total. The molecular formula is C21H13ClO3. The number of carboxylic acids is 1. The van der Waals surface area contributed by atoms with Gasteiger partial charge < -0.3 is 9.52 Å². The van der Waals surface area contributed by atoms with Gasteiger partial charge in [0.15, 0.2) is 0 Å². The maximum Gasteiger partial charge on any atom is 0.336 e. The van der Waals surface area contributed by atoms with Crippen molar-refractivity contribution in [3.8, 4) is 22.5 Å². The number of benzene rings is 3. The second-order valence-corrected chi connectivity index (χ2v) is 6.11. The lowest BCUT2D eigenvalue weighted by Gasteiger charge is -2.05. The molecule has 4 rings (SSSR count). The normalized spacial score (nSPS) is 10.9. The van der Waals surface area contributed by atoms with Crippen molar-refractivity contribution in [2.45, 2.75) is 0 Å². The highest BCUT2D eigenvalue weighted by Gasteiger charge is 2.23. The van der Waals surface area contributed by atoms with Crippen molar-refractivity contribution in [1.82, 2.24) is 0 Å². The van der Waals surface area contributed by atoms with E-state index in [0.717, 1.165) is 16.7 Å². The van der Waals surface area contributed by atoms with E-state index in [1.165, 1.54) is 6.07 Å². The lowest BCUT2D eigenvalue weighted by molar-refractivity contribution is 0.0699. The van der Waals surface area contributed by atoms with Crippen LogP contribution in [-0.2, 0) is 0 Å². The summed E-state index contributed by atoms with van der Waals surface area (Å²) in [5.74, 6) is -0.406. The van der Waals surface area contributed by atoms with Crippen LogP contribution in [0, 0.1) is 0 Å². The van der Waals surface area contributed by atoms with Crippen LogP contribution in [-0.4, -0.2) is 11.1 Å². The van der Waals surface area contributed by atoms with E-state index < -0.39 is 5.97 Å². The third-order valence-electron chi connectivity index (χ3n) is 4.08. The first-order chi connectivity index (χ1) is 12.1. The van der Waals surface area contributed by atoms with E-state index in [9.17, 15) is 9.90 Å². The molecule has 0 atom stereocenters. The number of rotatable bonds is 3. The van der Waals surface area contributed by atoms with Crippen LogP contribution in [0.1, 0.15) is 10.4 Å².